The van der Waals surface area contributed by atoms with Gasteiger partial charge in [0.05, 0.1) is 6.61 Å². The molecule has 0 aromatic heterocycles. The van der Waals surface area contributed by atoms with Gasteiger partial charge in [0.25, 0.3) is 0 Å². The Morgan fingerprint density at radius 2 is 1.68 bits per heavy atom. The first-order valence-electron chi connectivity index (χ1n) is 8.42. The number of rotatable bonds is 6. The summed E-state index contributed by atoms with van der Waals surface area (Å²) in [6, 6.07) is 0. The molecule has 1 heteroatoms. The van der Waals surface area contributed by atoms with Gasteiger partial charge in [-0.2, -0.15) is 0 Å². The lowest BCUT2D eigenvalue weighted by Crippen LogP contribution is -2.30. The van der Waals surface area contributed by atoms with Gasteiger partial charge in [0.2, 0.25) is 0 Å². The standard InChI is InChI=1S/C18H32O/c1-3-14-19-15-13-18(2)11-9-17(10-12-18)16-7-5-4-6-8-16/h3,16-17H,1,4-15H2,2H3. The van der Waals surface area contributed by atoms with E-state index in [1.54, 1.807) is 0 Å². The fourth-order valence-electron chi connectivity index (χ4n) is 4.15. The zero-order chi connectivity index (χ0) is 13.6. The zero-order valence-corrected chi connectivity index (χ0v) is 12.8. The van der Waals surface area contributed by atoms with Crippen LogP contribution < -0.4 is 0 Å². The van der Waals surface area contributed by atoms with Crippen molar-refractivity contribution in [3.05, 3.63) is 12.7 Å². The van der Waals surface area contributed by atoms with Crippen molar-refractivity contribution < 1.29 is 4.74 Å². The highest BCUT2D eigenvalue weighted by Crippen LogP contribution is 2.46. The van der Waals surface area contributed by atoms with Crippen LogP contribution in [0.3, 0.4) is 0 Å². The molecule has 0 unspecified atom stereocenters. The van der Waals surface area contributed by atoms with Gasteiger partial charge in [-0.25, -0.2) is 0 Å². The molecule has 110 valence electrons. The fourth-order valence-corrected chi connectivity index (χ4v) is 4.15. The van der Waals surface area contributed by atoms with Gasteiger partial charge in [0.15, 0.2) is 0 Å². The van der Waals surface area contributed by atoms with Crippen LogP contribution in [0.2, 0.25) is 0 Å². The number of ether oxygens (including phenoxy) is 1. The van der Waals surface area contributed by atoms with Crippen LogP contribution in [0.5, 0.6) is 0 Å². The quantitative estimate of drug-likeness (QED) is 0.464. The van der Waals surface area contributed by atoms with E-state index in [4.69, 9.17) is 4.74 Å². The maximum atomic E-state index is 5.58. The average molecular weight is 264 g/mol. The summed E-state index contributed by atoms with van der Waals surface area (Å²) in [6.45, 7) is 7.80. The smallest absolute Gasteiger partial charge is 0.0644 e. The molecule has 0 bridgehead atoms. The molecule has 0 saturated heterocycles. The third-order valence-electron chi connectivity index (χ3n) is 5.64. The predicted molar refractivity (Wildman–Crippen MR) is 82.3 cm³/mol. The molecule has 1 nitrogen and oxygen atoms in total. The lowest BCUT2D eigenvalue weighted by molar-refractivity contribution is 0.0682. The summed E-state index contributed by atoms with van der Waals surface area (Å²) in [5.74, 6) is 2.11. The predicted octanol–water partition coefficient (Wildman–Crippen LogP) is 5.36. The van der Waals surface area contributed by atoms with E-state index in [0.717, 1.165) is 18.4 Å². The van der Waals surface area contributed by atoms with Gasteiger partial charge in [-0.05, 0) is 49.4 Å². The molecular formula is C18H32O. The summed E-state index contributed by atoms with van der Waals surface area (Å²) in [5.41, 5.74) is 0.548. The van der Waals surface area contributed by atoms with Crippen LogP contribution in [0.25, 0.3) is 0 Å². The van der Waals surface area contributed by atoms with E-state index >= 15 is 0 Å². The first-order chi connectivity index (χ1) is 9.23. The van der Waals surface area contributed by atoms with Gasteiger partial charge in [-0.15, -0.1) is 6.58 Å². The van der Waals surface area contributed by atoms with E-state index in [1.807, 2.05) is 6.08 Å². The third kappa shape index (κ3) is 4.63. The van der Waals surface area contributed by atoms with Crippen molar-refractivity contribution in [3.63, 3.8) is 0 Å². The largest absolute Gasteiger partial charge is 0.377 e. The molecule has 2 saturated carbocycles. The average Bonchev–Trinajstić information content (AvgIpc) is 2.46. The third-order valence-corrected chi connectivity index (χ3v) is 5.64. The first kappa shape index (κ1) is 15.1. The summed E-state index contributed by atoms with van der Waals surface area (Å²) >= 11 is 0. The molecule has 2 fully saturated rings. The summed E-state index contributed by atoms with van der Waals surface area (Å²) in [4.78, 5) is 0. The summed E-state index contributed by atoms with van der Waals surface area (Å²) in [7, 11) is 0. The van der Waals surface area contributed by atoms with Gasteiger partial charge < -0.3 is 4.74 Å². The minimum Gasteiger partial charge on any atom is -0.377 e. The van der Waals surface area contributed by atoms with Gasteiger partial charge in [0.1, 0.15) is 0 Å². The molecule has 2 aliphatic rings. The highest BCUT2D eigenvalue weighted by Gasteiger charge is 2.34. The van der Waals surface area contributed by atoms with E-state index < -0.39 is 0 Å². The maximum Gasteiger partial charge on any atom is 0.0644 e. The Bertz CT molecular complexity index is 257. The molecule has 0 aromatic rings. The van der Waals surface area contributed by atoms with Crippen LogP contribution in [0.15, 0.2) is 12.7 Å². The van der Waals surface area contributed by atoms with Crippen LogP contribution >= 0.6 is 0 Å². The zero-order valence-electron chi connectivity index (χ0n) is 12.8. The molecule has 0 N–H and O–H groups in total. The minimum atomic E-state index is 0.548. The summed E-state index contributed by atoms with van der Waals surface area (Å²) < 4.78 is 5.58. The first-order valence-corrected chi connectivity index (χ1v) is 8.42. The summed E-state index contributed by atoms with van der Waals surface area (Å²) in [6.07, 6.45) is 16.4. The van der Waals surface area contributed by atoms with Gasteiger partial charge in [-0.3, -0.25) is 0 Å². The van der Waals surface area contributed by atoms with Crippen LogP contribution in [-0.4, -0.2) is 13.2 Å². The van der Waals surface area contributed by atoms with E-state index in [-0.39, 0.29) is 0 Å². The van der Waals surface area contributed by atoms with E-state index in [0.29, 0.717) is 12.0 Å². The molecule has 0 amide bonds. The molecule has 0 spiro atoms. The van der Waals surface area contributed by atoms with Crippen molar-refractivity contribution in [2.75, 3.05) is 13.2 Å². The molecular weight excluding hydrogens is 232 g/mol. The Kier molecular flexibility index (Phi) is 5.94. The monoisotopic (exact) mass is 264 g/mol. The molecule has 0 radical (unpaired) electrons. The molecule has 0 atom stereocenters. The van der Waals surface area contributed by atoms with E-state index in [9.17, 15) is 0 Å². The Morgan fingerprint density at radius 3 is 2.32 bits per heavy atom. The lowest BCUT2D eigenvalue weighted by Gasteiger charge is -2.41. The Labute approximate surface area is 119 Å². The second-order valence-corrected chi connectivity index (χ2v) is 7.16. The van der Waals surface area contributed by atoms with Gasteiger partial charge >= 0.3 is 0 Å². The van der Waals surface area contributed by atoms with Crippen LogP contribution in [0.1, 0.15) is 71.1 Å². The fraction of sp³-hybridized carbons (Fsp3) is 0.889. The SMILES string of the molecule is C=CCOCCC1(C)CCC(C2CCCCC2)CC1. The van der Waals surface area contributed by atoms with Gasteiger partial charge in [0, 0.05) is 6.61 Å². The normalized spacial score (nSPS) is 33.2. The lowest BCUT2D eigenvalue weighted by atomic mass is 9.65. The van der Waals surface area contributed by atoms with Crippen molar-refractivity contribution in [1.82, 2.24) is 0 Å². The van der Waals surface area contributed by atoms with Gasteiger partial charge in [-0.1, -0.05) is 45.1 Å². The molecule has 2 rings (SSSR count). The van der Waals surface area contributed by atoms with Crippen LogP contribution in [0, 0.1) is 17.3 Å². The van der Waals surface area contributed by atoms with Crippen molar-refractivity contribution in [1.29, 1.82) is 0 Å². The van der Waals surface area contributed by atoms with Crippen LogP contribution in [-0.2, 0) is 4.74 Å². The molecule has 2 aliphatic carbocycles. The van der Waals surface area contributed by atoms with Crippen molar-refractivity contribution >= 4 is 0 Å². The maximum absolute atomic E-state index is 5.58. The number of hydrogen-bond acceptors (Lipinski definition) is 1. The Balaban J connectivity index is 1.69. The van der Waals surface area contributed by atoms with Crippen LogP contribution in [0.4, 0.5) is 0 Å². The van der Waals surface area contributed by atoms with Crippen molar-refractivity contribution in [2.45, 2.75) is 71.1 Å². The van der Waals surface area contributed by atoms with E-state index in [1.165, 1.54) is 64.2 Å². The van der Waals surface area contributed by atoms with E-state index in [2.05, 4.69) is 13.5 Å². The molecule has 0 aliphatic heterocycles. The number of hydrogen-bond donors (Lipinski definition) is 0. The minimum absolute atomic E-state index is 0.548. The molecule has 0 aromatic carbocycles. The highest BCUT2D eigenvalue weighted by atomic mass is 16.5. The van der Waals surface area contributed by atoms with Crippen molar-refractivity contribution in [3.8, 4) is 0 Å². The summed E-state index contributed by atoms with van der Waals surface area (Å²) in [5, 5.41) is 0. The van der Waals surface area contributed by atoms with Crippen molar-refractivity contribution in [2.24, 2.45) is 17.3 Å². The molecule has 19 heavy (non-hydrogen) atoms. The second kappa shape index (κ2) is 7.47. The Hall–Kier alpha value is -0.300. The highest BCUT2D eigenvalue weighted by molar-refractivity contribution is 4.85. The molecule has 0 heterocycles. The topological polar surface area (TPSA) is 9.23 Å². The second-order valence-electron chi connectivity index (χ2n) is 7.16. The Morgan fingerprint density at radius 1 is 1.05 bits per heavy atom.